The fourth-order valence-corrected chi connectivity index (χ4v) is 4.76. The molecular formula is C28H40N6O7S. The van der Waals surface area contributed by atoms with E-state index in [1.165, 1.54) is 37.0 Å². The molecule has 2 rings (SSSR count). The zero-order chi connectivity index (χ0) is 31.1. The van der Waals surface area contributed by atoms with Gasteiger partial charge in [-0.05, 0) is 61.7 Å². The Bertz CT molecular complexity index is 1440. The van der Waals surface area contributed by atoms with Gasteiger partial charge >= 0.3 is 0 Å². The maximum absolute atomic E-state index is 13.0. The van der Waals surface area contributed by atoms with Crippen LogP contribution in [-0.4, -0.2) is 64.0 Å². The van der Waals surface area contributed by atoms with E-state index in [0.717, 1.165) is 18.4 Å². The largest absolute Gasteiger partial charge is 0.484 e. The molecule has 0 aliphatic rings. The van der Waals surface area contributed by atoms with Gasteiger partial charge in [-0.25, -0.2) is 8.42 Å². The van der Waals surface area contributed by atoms with Crippen LogP contribution in [0.5, 0.6) is 0 Å². The highest BCUT2D eigenvalue weighted by Gasteiger charge is 2.18. The smallest absolute Gasteiger partial charge is 0.291 e. The fourth-order valence-electron chi connectivity index (χ4n) is 3.59. The van der Waals surface area contributed by atoms with E-state index >= 15 is 0 Å². The standard InChI is InChI=1S/C28H40N6O7S/c1-7-10-25(39-5)30-28(31-26(40-6)11-8-2)32-41-17-16-29-24(35)19-34-21(4)14-15-23(27(34)36)33-42(37,38)22-13-9-12-20(3)18-22/h9,12-15,18,33H,7-8,10-11,16-17,19H2,1-6H3,(H,29,35)/b30-25-,31-26-. The zero-order valence-electron chi connectivity index (χ0n) is 25.0. The Kier molecular flexibility index (Phi) is 13.7. The Balaban J connectivity index is 2.06. The van der Waals surface area contributed by atoms with Gasteiger partial charge in [0.15, 0.2) is 11.8 Å². The van der Waals surface area contributed by atoms with Crippen molar-refractivity contribution >= 4 is 39.4 Å². The minimum Gasteiger partial charge on any atom is -0.484 e. The Morgan fingerprint density at radius 3 is 2.19 bits per heavy atom. The van der Waals surface area contributed by atoms with Crippen LogP contribution in [0.25, 0.3) is 0 Å². The van der Waals surface area contributed by atoms with Gasteiger partial charge in [0, 0.05) is 18.5 Å². The topological polar surface area (TPSA) is 162 Å². The van der Waals surface area contributed by atoms with Crippen molar-refractivity contribution in [1.82, 2.24) is 9.88 Å². The molecule has 14 heteroatoms. The van der Waals surface area contributed by atoms with Crippen LogP contribution < -0.4 is 15.6 Å². The number of pyridine rings is 1. The quantitative estimate of drug-likeness (QED) is 0.153. The lowest BCUT2D eigenvalue weighted by molar-refractivity contribution is -0.122. The summed E-state index contributed by atoms with van der Waals surface area (Å²) in [7, 11) is -0.974. The number of aryl methyl sites for hydroxylation is 2. The Morgan fingerprint density at radius 2 is 1.62 bits per heavy atom. The highest BCUT2D eigenvalue weighted by Crippen LogP contribution is 2.15. The lowest BCUT2D eigenvalue weighted by Crippen LogP contribution is -2.35. The summed E-state index contributed by atoms with van der Waals surface area (Å²) in [4.78, 5) is 39.6. The van der Waals surface area contributed by atoms with E-state index < -0.39 is 21.5 Å². The van der Waals surface area contributed by atoms with Crippen LogP contribution in [0.4, 0.5) is 5.69 Å². The summed E-state index contributed by atoms with van der Waals surface area (Å²) in [5.74, 6) is 0.419. The van der Waals surface area contributed by atoms with E-state index in [0.29, 0.717) is 30.3 Å². The number of aliphatic imine (C=N–C) groups is 2. The van der Waals surface area contributed by atoms with Crippen molar-refractivity contribution in [2.24, 2.45) is 15.1 Å². The second kappa shape index (κ2) is 16.9. The van der Waals surface area contributed by atoms with Crippen LogP contribution in [0.3, 0.4) is 0 Å². The monoisotopic (exact) mass is 604 g/mol. The Labute approximate surface area is 246 Å². The number of aromatic nitrogens is 1. The van der Waals surface area contributed by atoms with Gasteiger partial charge in [-0.15, -0.1) is 0 Å². The van der Waals surface area contributed by atoms with Gasteiger partial charge in [0.2, 0.25) is 5.91 Å². The first-order valence-corrected chi connectivity index (χ1v) is 15.0. The van der Waals surface area contributed by atoms with Gasteiger partial charge in [0.1, 0.15) is 18.8 Å². The number of rotatable bonds is 13. The van der Waals surface area contributed by atoms with Gasteiger partial charge in [0.25, 0.3) is 21.5 Å². The predicted molar refractivity (Wildman–Crippen MR) is 163 cm³/mol. The lowest BCUT2D eigenvalue weighted by atomic mass is 10.2. The molecule has 0 aliphatic carbocycles. The molecule has 1 heterocycles. The van der Waals surface area contributed by atoms with Crippen LogP contribution in [0.15, 0.2) is 61.2 Å². The average molecular weight is 605 g/mol. The molecule has 1 aromatic carbocycles. The zero-order valence-corrected chi connectivity index (χ0v) is 25.8. The van der Waals surface area contributed by atoms with E-state index in [1.807, 2.05) is 13.8 Å². The summed E-state index contributed by atoms with van der Waals surface area (Å²) in [6, 6.07) is 9.25. The van der Waals surface area contributed by atoms with Crippen molar-refractivity contribution in [3.63, 3.8) is 0 Å². The van der Waals surface area contributed by atoms with Crippen molar-refractivity contribution in [1.29, 1.82) is 0 Å². The number of oxime groups is 1. The number of hydrogen-bond acceptors (Lipinski definition) is 8. The fraction of sp³-hybridized carbons (Fsp3) is 0.464. The molecule has 13 nitrogen and oxygen atoms in total. The molecule has 0 aliphatic heterocycles. The third kappa shape index (κ3) is 10.7. The molecule has 42 heavy (non-hydrogen) atoms. The number of methoxy groups -OCH3 is 2. The minimum absolute atomic E-state index is 0.00329. The number of anilines is 1. The number of nitrogens with zero attached hydrogens (tertiary/aromatic N) is 4. The number of amides is 1. The molecule has 230 valence electrons. The molecule has 0 fully saturated rings. The average Bonchev–Trinajstić information content (AvgIpc) is 2.95. The number of benzene rings is 1. The molecule has 0 saturated heterocycles. The number of carbonyl (C=O) groups is 1. The molecule has 0 spiro atoms. The molecule has 2 aromatic rings. The lowest BCUT2D eigenvalue weighted by Gasteiger charge is -2.13. The summed E-state index contributed by atoms with van der Waals surface area (Å²) in [6.07, 6.45) is 2.80. The van der Waals surface area contributed by atoms with Gasteiger partial charge < -0.3 is 24.2 Å². The number of sulfonamides is 1. The molecule has 2 N–H and O–H groups in total. The van der Waals surface area contributed by atoms with Crippen molar-refractivity contribution in [3.8, 4) is 0 Å². The predicted octanol–water partition coefficient (Wildman–Crippen LogP) is 3.36. The molecule has 0 bridgehead atoms. The first-order valence-electron chi connectivity index (χ1n) is 13.5. The maximum atomic E-state index is 13.0. The summed E-state index contributed by atoms with van der Waals surface area (Å²) < 4.78 is 39.7. The Morgan fingerprint density at radius 1 is 0.976 bits per heavy atom. The summed E-state index contributed by atoms with van der Waals surface area (Å²) >= 11 is 0. The highest BCUT2D eigenvalue weighted by atomic mass is 32.2. The van der Waals surface area contributed by atoms with Gasteiger partial charge in [0.05, 0.1) is 25.7 Å². The number of carbonyl (C=O) groups excluding carboxylic acids is 1. The van der Waals surface area contributed by atoms with Crippen LogP contribution >= 0.6 is 0 Å². The summed E-state index contributed by atoms with van der Waals surface area (Å²) in [5, 5.41) is 6.61. The van der Waals surface area contributed by atoms with Crippen LogP contribution in [-0.2, 0) is 35.7 Å². The summed E-state index contributed by atoms with van der Waals surface area (Å²) in [6.45, 7) is 7.14. The second-order valence-corrected chi connectivity index (χ2v) is 10.9. The van der Waals surface area contributed by atoms with Crippen molar-refractivity contribution in [2.45, 2.75) is 64.8 Å². The first-order chi connectivity index (χ1) is 20.0. The number of ether oxygens (including phenoxy) is 2. The van der Waals surface area contributed by atoms with Crippen molar-refractivity contribution < 1.29 is 27.5 Å². The van der Waals surface area contributed by atoms with Gasteiger partial charge in [-0.1, -0.05) is 26.0 Å². The van der Waals surface area contributed by atoms with Gasteiger partial charge in [-0.3, -0.25) is 14.3 Å². The van der Waals surface area contributed by atoms with E-state index in [2.05, 4.69) is 25.2 Å². The molecule has 0 saturated carbocycles. The van der Waals surface area contributed by atoms with Crippen LogP contribution in [0.2, 0.25) is 0 Å². The molecule has 1 aromatic heterocycles. The number of nitrogens with one attached hydrogen (secondary N) is 2. The molecule has 0 unspecified atom stereocenters. The highest BCUT2D eigenvalue weighted by molar-refractivity contribution is 7.92. The van der Waals surface area contributed by atoms with Crippen molar-refractivity contribution in [3.05, 3.63) is 58.0 Å². The SMILES string of the molecule is CCC/C(=N/C(=NOCCNC(=O)Cn1c(C)ccc(NS(=O)(=O)c2cccc(C)c2)c1=O)/N=C(/CCC)OC)OC. The third-order valence-electron chi connectivity index (χ3n) is 5.75. The molecule has 1 amide bonds. The van der Waals surface area contributed by atoms with E-state index in [1.54, 1.807) is 32.0 Å². The molecule has 0 radical (unpaired) electrons. The Hall–Kier alpha value is -4.20. The number of guanidine groups is 1. The van der Waals surface area contributed by atoms with Crippen LogP contribution in [0.1, 0.15) is 50.8 Å². The van der Waals surface area contributed by atoms with Crippen LogP contribution in [0, 0.1) is 13.8 Å². The van der Waals surface area contributed by atoms with Crippen molar-refractivity contribution in [2.75, 3.05) is 32.1 Å². The number of hydrogen-bond donors (Lipinski definition) is 2. The third-order valence-corrected chi connectivity index (χ3v) is 7.11. The van der Waals surface area contributed by atoms with Gasteiger partial charge in [-0.2, -0.15) is 9.98 Å². The summed E-state index contributed by atoms with van der Waals surface area (Å²) in [5.41, 5.74) is 0.425. The first kappa shape index (κ1) is 34.0. The van der Waals surface area contributed by atoms with E-state index in [9.17, 15) is 18.0 Å². The molecular weight excluding hydrogens is 564 g/mol. The van der Waals surface area contributed by atoms with E-state index in [4.69, 9.17) is 14.3 Å². The minimum atomic E-state index is -4.00. The normalized spacial score (nSPS) is 12.0. The van der Waals surface area contributed by atoms with E-state index in [-0.39, 0.29) is 36.2 Å². The maximum Gasteiger partial charge on any atom is 0.291 e. The molecule has 0 atom stereocenters. The second-order valence-electron chi connectivity index (χ2n) is 9.20.